The molecule has 110 valence electrons. The van der Waals surface area contributed by atoms with E-state index in [2.05, 4.69) is 10.6 Å². The number of carbonyl (C=O) groups excluding carboxylic acids is 2. The van der Waals surface area contributed by atoms with Gasteiger partial charge in [-0.1, -0.05) is 0 Å². The maximum Gasteiger partial charge on any atom is 0.242 e. The van der Waals surface area contributed by atoms with Crippen molar-refractivity contribution in [3.05, 3.63) is 0 Å². The topological polar surface area (TPSA) is 61.4 Å². The molecule has 2 N–H and O–H groups in total. The third-order valence-electron chi connectivity index (χ3n) is 4.04. The van der Waals surface area contributed by atoms with E-state index in [-0.39, 0.29) is 30.3 Å². The van der Waals surface area contributed by atoms with Crippen molar-refractivity contribution in [2.45, 2.75) is 38.6 Å². The molecule has 1 unspecified atom stereocenters. The summed E-state index contributed by atoms with van der Waals surface area (Å²) in [6.45, 7) is 5.18. The van der Waals surface area contributed by atoms with Gasteiger partial charge in [0.15, 0.2) is 0 Å². The molecule has 2 aliphatic heterocycles. The fraction of sp³-hybridized carbons (Fsp3) is 0.846. The molecule has 0 spiro atoms. The van der Waals surface area contributed by atoms with E-state index in [4.69, 9.17) is 0 Å². The van der Waals surface area contributed by atoms with Crippen LogP contribution in [0.2, 0.25) is 0 Å². The van der Waals surface area contributed by atoms with Gasteiger partial charge in [-0.25, -0.2) is 0 Å². The number of nitrogens with zero attached hydrogens (tertiary/aromatic N) is 1. The molecule has 2 fully saturated rings. The van der Waals surface area contributed by atoms with E-state index in [0.29, 0.717) is 25.4 Å². The maximum absolute atomic E-state index is 12.1. The summed E-state index contributed by atoms with van der Waals surface area (Å²) < 4.78 is 0. The van der Waals surface area contributed by atoms with E-state index < -0.39 is 0 Å². The number of piperidine rings is 1. The van der Waals surface area contributed by atoms with Gasteiger partial charge in [0.2, 0.25) is 11.8 Å². The van der Waals surface area contributed by atoms with Gasteiger partial charge in [0.1, 0.15) is 6.04 Å². The summed E-state index contributed by atoms with van der Waals surface area (Å²) in [6, 6.07) is -0.306. The van der Waals surface area contributed by atoms with Crippen molar-refractivity contribution in [1.82, 2.24) is 15.5 Å². The van der Waals surface area contributed by atoms with Gasteiger partial charge in [-0.3, -0.25) is 9.59 Å². The first kappa shape index (κ1) is 16.2. The van der Waals surface area contributed by atoms with E-state index in [1.807, 2.05) is 0 Å². The lowest BCUT2D eigenvalue weighted by molar-refractivity contribution is -0.142. The summed E-state index contributed by atoms with van der Waals surface area (Å²) in [4.78, 5) is 25.4. The van der Waals surface area contributed by atoms with Crippen molar-refractivity contribution in [2.24, 2.45) is 5.92 Å². The molecule has 2 aliphatic rings. The lowest BCUT2D eigenvalue weighted by Gasteiger charge is -2.33. The van der Waals surface area contributed by atoms with Gasteiger partial charge in [0.05, 0.1) is 0 Å². The average molecular weight is 290 g/mol. The smallest absolute Gasteiger partial charge is 0.242 e. The largest absolute Gasteiger partial charge is 0.353 e. The molecule has 19 heavy (non-hydrogen) atoms. The minimum atomic E-state index is -0.306. The molecule has 0 saturated carbocycles. The SMILES string of the molecule is CC1C(=O)NCCN1C(=O)CCC1CCNCC1.Cl. The van der Waals surface area contributed by atoms with Crippen molar-refractivity contribution < 1.29 is 9.59 Å². The quantitative estimate of drug-likeness (QED) is 0.797. The Morgan fingerprint density at radius 1 is 1.32 bits per heavy atom. The lowest BCUT2D eigenvalue weighted by Crippen LogP contribution is -2.55. The molecule has 0 aromatic heterocycles. The highest BCUT2D eigenvalue weighted by atomic mass is 35.5. The van der Waals surface area contributed by atoms with Crippen molar-refractivity contribution in [3.8, 4) is 0 Å². The number of hydrogen-bond acceptors (Lipinski definition) is 3. The highest BCUT2D eigenvalue weighted by molar-refractivity contribution is 5.88. The molecule has 0 bridgehead atoms. The first-order valence-electron chi connectivity index (χ1n) is 6.96. The van der Waals surface area contributed by atoms with Gasteiger partial charge in [-0.05, 0) is 45.2 Å². The molecule has 0 aromatic rings. The summed E-state index contributed by atoms with van der Waals surface area (Å²) in [5, 5.41) is 6.11. The number of nitrogens with one attached hydrogen (secondary N) is 2. The Morgan fingerprint density at radius 3 is 2.68 bits per heavy atom. The second-order valence-electron chi connectivity index (χ2n) is 5.29. The predicted molar refractivity (Wildman–Crippen MR) is 76.3 cm³/mol. The van der Waals surface area contributed by atoms with Crippen LogP contribution in [-0.2, 0) is 9.59 Å². The van der Waals surface area contributed by atoms with E-state index in [0.717, 1.165) is 19.5 Å². The van der Waals surface area contributed by atoms with Crippen LogP contribution in [0.5, 0.6) is 0 Å². The maximum atomic E-state index is 12.1. The van der Waals surface area contributed by atoms with Crippen LogP contribution in [0.3, 0.4) is 0 Å². The lowest BCUT2D eigenvalue weighted by atomic mass is 9.93. The second kappa shape index (κ2) is 7.70. The third-order valence-corrected chi connectivity index (χ3v) is 4.04. The molecule has 2 rings (SSSR count). The number of amides is 2. The predicted octanol–water partition coefficient (Wildman–Crippen LogP) is 0.535. The molecule has 2 heterocycles. The second-order valence-corrected chi connectivity index (χ2v) is 5.29. The van der Waals surface area contributed by atoms with Gasteiger partial charge in [-0.15, -0.1) is 12.4 Å². The van der Waals surface area contributed by atoms with Crippen molar-refractivity contribution in [3.63, 3.8) is 0 Å². The zero-order chi connectivity index (χ0) is 13.0. The molecular weight excluding hydrogens is 266 g/mol. The summed E-state index contributed by atoms with van der Waals surface area (Å²) in [5.74, 6) is 0.775. The fourth-order valence-corrected chi connectivity index (χ4v) is 2.76. The molecular formula is C13H24ClN3O2. The Hall–Kier alpha value is -0.810. The van der Waals surface area contributed by atoms with Crippen molar-refractivity contribution in [2.75, 3.05) is 26.2 Å². The highest BCUT2D eigenvalue weighted by Crippen LogP contribution is 2.19. The van der Waals surface area contributed by atoms with Crippen LogP contribution < -0.4 is 10.6 Å². The van der Waals surface area contributed by atoms with Crippen molar-refractivity contribution in [1.29, 1.82) is 0 Å². The Labute approximate surface area is 120 Å². The Morgan fingerprint density at radius 2 is 2.00 bits per heavy atom. The van der Waals surface area contributed by atoms with Crippen LogP contribution in [0.15, 0.2) is 0 Å². The van der Waals surface area contributed by atoms with Crippen LogP contribution in [-0.4, -0.2) is 48.9 Å². The van der Waals surface area contributed by atoms with Gasteiger partial charge >= 0.3 is 0 Å². The third kappa shape index (κ3) is 4.35. The van der Waals surface area contributed by atoms with Gasteiger partial charge in [0.25, 0.3) is 0 Å². The molecule has 5 nitrogen and oxygen atoms in total. The van der Waals surface area contributed by atoms with Gasteiger partial charge in [0, 0.05) is 19.5 Å². The van der Waals surface area contributed by atoms with Crippen molar-refractivity contribution >= 4 is 24.2 Å². The van der Waals surface area contributed by atoms with Crippen LogP contribution in [0.1, 0.15) is 32.6 Å². The average Bonchev–Trinajstić information content (AvgIpc) is 2.40. The summed E-state index contributed by atoms with van der Waals surface area (Å²) in [5.41, 5.74) is 0. The number of carbonyl (C=O) groups is 2. The molecule has 2 saturated heterocycles. The van der Waals surface area contributed by atoms with Crippen LogP contribution in [0.25, 0.3) is 0 Å². The molecule has 0 aliphatic carbocycles. The Balaban J connectivity index is 0.00000180. The van der Waals surface area contributed by atoms with E-state index in [1.54, 1.807) is 11.8 Å². The number of hydrogen-bond donors (Lipinski definition) is 2. The van der Waals surface area contributed by atoms with Gasteiger partial charge in [-0.2, -0.15) is 0 Å². The summed E-state index contributed by atoms with van der Waals surface area (Å²) in [6.07, 6.45) is 3.89. The van der Waals surface area contributed by atoms with Gasteiger partial charge < -0.3 is 15.5 Å². The van der Waals surface area contributed by atoms with Crippen LogP contribution >= 0.6 is 12.4 Å². The number of piperazine rings is 1. The van der Waals surface area contributed by atoms with E-state index >= 15 is 0 Å². The fourth-order valence-electron chi connectivity index (χ4n) is 2.76. The van der Waals surface area contributed by atoms with E-state index in [1.165, 1.54) is 12.8 Å². The highest BCUT2D eigenvalue weighted by Gasteiger charge is 2.29. The zero-order valence-electron chi connectivity index (χ0n) is 11.5. The first-order chi connectivity index (χ1) is 8.68. The normalized spacial score (nSPS) is 24.6. The molecule has 0 aromatic carbocycles. The zero-order valence-corrected chi connectivity index (χ0v) is 12.3. The monoisotopic (exact) mass is 289 g/mol. The molecule has 1 atom stereocenters. The summed E-state index contributed by atoms with van der Waals surface area (Å²) in [7, 11) is 0. The minimum Gasteiger partial charge on any atom is -0.353 e. The molecule has 6 heteroatoms. The Bertz CT molecular complexity index is 319. The van der Waals surface area contributed by atoms with Crippen LogP contribution in [0.4, 0.5) is 0 Å². The standard InChI is InChI=1S/C13H23N3O2.ClH/c1-10-13(18)15-8-9-16(10)12(17)3-2-11-4-6-14-7-5-11;/h10-11,14H,2-9H2,1H3,(H,15,18);1H. The number of rotatable bonds is 3. The summed E-state index contributed by atoms with van der Waals surface area (Å²) >= 11 is 0. The Kier molecular flexibility index (Phi) is 6.58. The molecule has 0 radical (unpaired) electrons. The minimum absolute atomic E-state index is 0. The number of halogens is 1. The molecule has 2 amide bonds. The van der Waals surface area contributed by atoms with E-state index in [9.17, 15) is 9.59 Å². The van der Waals surface area contributed by atoms with Crippen LogP contribution in [0, 0.1) is 5.92 Å². The first-order valence-corrected chi connectivity index (χ1v) is 6.96.